The van der Waals surface area contributed by atoms with Gasteiger partial charge in [0.05, 0.1) is 17.7 Å². The van der Waals surface area contributed by atoms with Crippen LogP contribution < -0.4 is 5.32 Å². The van der Waals surface area contributed by atoms with E-state index in [9.17, 15) is 9.90 Å². The summed E-state index contributed by atoms with van der Waals surface area (Å²) in [4.78, 5) is 14.3. The van der Waals surface area contributed by atoms with E-state index in [0.29, 0.717) is 0 Å². The standard InChI is InChI=1S/C13H26N2O2/c1-5-7-13(8-6-9-14-13)11(17)15(4)12(2,3)10-16/h14,16H,5-10H2,1-4H3. The first-order valence-electron chi connectivity index (χ1n) is 6.54. The number of nitrogens with one attached hydrogen (secondary N) is 1. The van der Waals surface area contributed by atoms with Crippen molar-refractivity contribution >= 4 is 5.91 Å². The van der Waals surface area contributed by atoms with Crippen LogP contribution in [-0.4, -0.2) is 47.2 Å². The molecule has 1 heterocycles. The van der Waals surface area contributed by atoms with Crippen LogP contribution in [0.25, 0.3) is 0 Å². The molecule has 1 fully saturated rings. The number of rotatable bonds is 5. The van der Waals surface area contributed by atoms with Crippen molar-refractivity contribution < 1.29 is 9.90 Å². The molecule has 0 spiro atoms. The summed E-state index contributed by atoms with van der Waals surface area (Å²) < 4.78 is 0. The van der Waals surface area contributed by atoms with Gasteiger partial charge in [0.1, 0.15) is 0 Å². The molecule has 0 aliphatic carbocycles. The summed E-state index contributed by atoms with van der Waals surface area (Å²) in [5, 5.41) is 12.7. The third-order valence-electron chi connectivity index (χ3n) is 3.93. The fraction of sp³-hybridized carbons (Fsp3) is 0.923. The number of carbonyl (C=O) groups is 1. The summed E-state index contributed by atoms with van der Waals surface area (Å²) in [6.45, 7) is 6.78. The van der Waals surface area contributed by atoms with E-state index in [2.05, 4.69) is 12.2 Å². The summed E-state index contributed by atoms with van der Waals surface area (Å²) in [5.74, 6) is 0.121. The lowest BCUT2D eigenvalue weighted by Gasteiger charge is -2.40. The summed E-state index contributed by atoms with van der Waals surface area (Å²) >= 11 is 0. The Morgan fingerprint density at radius 2 is 2.18 bits per heavy atom. The molecule has 0 aromatic rings. The van der Waals surface area contributed by atoms with Crippen molar-refractivity contribution in [2.24, 2.45) is 0 Å². The summed E-state index contributed by atoms with van der Waals surface area (Å²) in [6, 6.07) is 0. The number of aliphatic hydroxyl groups is 1. The molecule has 1 amide bonds. The summed E-state index contributed by atoms with van der Waals surface area (Å²) in [6.07, 6.45) is 3.83. The predicted molar refractivity (Wildman–Crippen MR) is 68.8 cm³/mol. The number of nitrogens with zero attached hydrogens (tertiary/aromatic N) is 1. The molecule has 1 aliphatic rings. The maximum Gasteiger partial charge on any atom is 0.243 e. The van der Waals surface area contributed by atoms with Crippen molar-refractivity contribution in [3.8, 4) is 0 Å². The van der Waals surface area contributed by atoms with Gasteiger partial charge in [-0.2, -0.15) is 0 Å². The number of likely N-dealkylation sites (N-methyl/N-ethyl adjacent to an activating group) is 1. The first-order chi connectivity index (χ1) is 7.89. The van der Waals surface area contributed by atoms with Gasteiger partial charge in [-0.3, -0.25) is 4.79 Å². The fourth-order valence-electron chi connectivity index (χ4n) is 2.44. The third-order valence-corrected chi connectivity index (χ3v) is 3.93. The minimum atomic E-state index is -0.498. The van der Waals surface area contributed by atoms with Crippen molar-refractivity contribution in [2.75, 3.05) is 20.2 Å². The average Bonchev–Trinajstić information content (AvgIpc) is 2.77. The Morgan fingerprint density at radius 1 is 1.53 bits per heavy atom. The van der Waals surface area contributed by atoms with Gasteiger partial charge in [0.2, 0.25) is 5.91 Å². The highest BCUT2D eigenvalue weighted by Gasteiger charge is 2.44. The van der Waals surface area contributed by atoms with Gasteiger partial charge >= 0.3 is 0 Å². The van der Waals surface area contributed by atoms with Gasteiger partial charge in [0, 0.05) is 7.05 Å². The predicted octanol–water partition coefficient (Wildman–Crippen LogP) is 1.14. The number of carbonyl (C=O) groups excluding carboxylic acids is 1. The molecule has 1 saturated heterocycles. The molecule has 1 atom stereocenters. The molecule has 0 aromatic heterocycles. The van der Waals surface area contributed by atoms with E-state index in [4.69, 9.17) is 0 Å². The van der Waals surface area contributed by atoms with E-state index in [1.807, 2.05) is 13.8 Å². The lowest BCUT2D eigenvalue weighted by atomic mass is 9.88. The number of aliphatic hydroxyl groups excluding tert-OH is 1. The number of hydrogen-bond donors (Lipinski definition) is 2. The Hall–Kier alpha value is -0.610. The van der Waals surface area contributed by atoms with Gasteiger partial charge in [-0.1, -0.05) is 13.3 Å². The quantitative estimate of drug-likeness (QED) is 0.760. The minimum Gasteiger partial charge on any atom is -0.394 e. The normalized spacial score (nSPS) is 25.0. The smallest absolute Gasteiger partial charge is 0.243 e. The second kappa shape index (κ2) is 5.36. The highest BCUT2D eigenvalue weighted by atomic mass is 16.3. The Balaban J connectivity index is 2.85. The van der Waals surface area contributed by atoms with Crippen molar-refractivity contribution in [1.82, 2.24) is 10.2 Å². The van der Waals surface area contributed by atoms with Crippen LogP contribution in [0.4, 0.5) is 0 Å². The number of amides is 1. The zero-order chi connectivity index (χ0) is 13.1. The molecule has 0 radical (unpaired) electrons. The molecule has 1 aliphatic heterocycles. The maximum absolute atomic E-state index is 12.6. The highest BCUT2D eigenvalue weighted by molar-refractivity contribution is 5.87. The topological polar surface area (TPSA) is 52.6 Å². The van der Waals surface area contributed by atoms with Crippen molar-refractivity contribution in [2.45, 2.75) is 57.5 Å². The summed E-state index contributed by atoms with van der Waals surface area (Å²) in [7, 11) is 1.79. The minimum absolute atomic E-state index is 0.0164. The van der Waals surface area contributed by atoms with Crippen LogP contribution in [0.3, 0.4) is 0 Å². The van der Waals surface area contributed by atoms with Crippen molar-refractivity contribution in [3.63, 3.8) is 0 Å². The molecule has 0 saturated carbocycles. The monoisotopic (exact) mass is 242 g/mol. The van der Waals surface area contributed by atoms with E-state index >= 15 is 0 Å². The molecule has 17 heavy (non-hydrogen) atoms. The van der Waals surface area contributed by atoms with Crippen LogP contribution in [0.5, 0.6) is 0 Å². The van der Waals surface area contributed by atoms with E-state index in [1.165, 1.54) is 0 Å². The first kappa shape index (κ1) is 14.5. The molecule has 1 unspecified atom stereocenters. The average molecular weight is 242 g/mol. The molecule has 0 aromatic carbocycles. The van der Waals surface area contributed by atoms with Crippen LogP contribution in [0.15, 0.2) is 0 Å². The Bertz CT molecular complexity index is 271. The summed E-state index contributed by atoms with van der Waals surface area (Å²) in [5.41, 5.74) is -0.891. The second-order valence-electron chi connectivity index (χ2n) is 5.70. The van der Waals surface area contributed by atoms with Gasteiger partial charge in [0.15, 0.2) is 0 Å². The zero-order valence-corrected chi connectivity index (χ0v) is 11.5. The van der Waals surface area contributed by atoms with Crippen LogP contribution in [0, 0.1) is 0 Å². The Morgan fingerprint density at radius 3 is 2.59 bits per heavy atom. The molecule has 100 valence electrons. The number of hydrogen-bond acceptors (Lipinski definition) is 3. The van der Waals surface area contributed by atoms with Gasteiger partial charge < -0.3 is 15.3 Å². The third kappa shape index (κ3) is 2.80. The Labute approximate surface area is 104 Å². The molecule has 4 heteroatoms. The van der Waals surface area contributed by atoms with E-state index in [0.717, 1.165) is 32.2 Å². The van der Waals surface area contributed by atoms with E-state index in [-0.39, 0.29) is 12.5 Å². The molecule has 1 rings (SSSR count). The van der Waals surface area contributed by atoms with Crippen LogP contribution in [-0.2, 0) is 4.79 Å². The first-order valence-corrected chi connectivity index (χ1v) is 6.54. The van der Waals surface area contributed by atoms with Crippen LogP contribution >= 0.6 is 0 Å². The van der Waals surface area contributed by atoms with Gasteiger partial charge in [-0.25, -0.2) is 0 Å². The molecule has 4 nitrogen and oxygen atoms in total. The van der Waals surface area contributed by atoms with Gasteiger partial charge in [-0.05, 0) is 39.7 Å². The largest absolute Gasteiger partial charge is 0.394 e. The zero-order valence-electron chi connectivity index (χ0n) is 11.5. The van der Waals surface area contributed by atoms with Crippen LogP contribution in [0.1, 0.15) is 46.5 Å². The second-order valence-corrected chi connectivity index (χ2v) is 5.70. The van der Waals surface area contributed by atoms with Gasteiger partial charge in [-0.15, -0.1) is 0 Å². The molecule has 2 N–H and O–H groups in total. The van der Waals surface area contributed by atoms with Crippen LogP contribution in [0.2, 0.25) is 0 Å². The van der Waals surface area contributed by atoms with Crippen molar-refractivity contribution in [3.05, 3.63) is 0 Å². The lowest BCUT2D eigenvalue weighted by molar-refractivity contribution is -0.143. The SMILES string of the molecule is CCCC1(C(=O)N(C)C(C)(C)CO)CCCN1. The Kier molecular flexibility index (Phi) is 4.55. The van der Waals surface area contributed by atoms with Gasteiger partial charge in [0.25, 0.3) is 0 Å². The molecular formula is C13H26N2O2. The highest BCUT2D eigenvalue weighted by Crippen LogP contribution is 2.29. The van der Waals surface area contributed by atoms with E-state index in [1.54, 1.807) is 11.9 Å². The molecule has 0 bridgehead atoms. The maximum atomic E-state index is 12.6. The fourth-order valence-corrected chi connectivity index (χ4v) is 2.44. The lowest BCUT2D eigenvalue weighted by Crippen LogP contribution is -2.59. The van der Waals surface area contributed by atoms with Crippen molar-refractivity contribution in [1.29, 1.82) is 0 Å². The van der Waals surface area contributed by atoms with E-state index < -0.39 is 11.1 Å². The molecular weight excluding hydrogens is 216 g/mol.